The zero-order valence-electron chi connectivity index (χ0n) is 8.84. The van der Waals surface area contributed by atoms with Crippen molar-refractivity contribution < 1.29 is 5.11 Å². The molecule has 3 heteroatoms. The molecule has 2 N–H and O–H groups in total. The first kappa shape index (κ1) is 11.3. The Kier molecular flexibility index (Phi) is 4.07. The fourth-order valence-electron chi connectivity index (χ4n) is 1.68. The molecule has 0 spiro atoms. The van der Waals surface area contributed by atoms with Gasteiger partial charge in [0.1, 0.15) is 0 Å². The second-order valence-electron chi connectivity index (χ2n) is 4.54. The van der Waals surface area contributed by atoms with Gasteiger partial charge in [-0.1, -0.05) is 20.8 Å². The third-order valence-corrected chi connectivity index (χ3v) is 3.97. The highest BCUT2D eigenvalue weighted by molar-refractivity contribution is 8.00. The average Bonchev–Trinajstić information content (AvgIpc) is 2.45. The highest BCUT2D eigenvalue weighted by atomic mass is 32.2. The number of nitrogens with one attached hydrogen (secondary N) is 1. The Hall–Kier alpha value is 0.270. The number of aliphatic hydroxyl groups excluding tert-OH is 1. The Morgan fingerprint density at radius 1 is 1.62 bits per heavy atom. The summed E-state index contributed by atoms with van der Waals surface area (Å²) in [4.78, 5) is 0. The van der Waals surface area contributed by atoms with Crippen molar-refractivity contribution >= 4 is 11.8 Å². The van der Waals surface area contributed by atoms with Crippen LogP contribution in [0.3, 0.4) is 0 Å². The van der Waals surface area contributed by atoms with E-state index in [1.54, 1.807) is 0 Å². The van der Waals surface area contributed by atoms with Gasteiger partial charge < -0.3 is 10.4 Å². The number of thioether (sulfide) groups is 1. The van der Waals surface area contributed by atoms with Gasteiger partial charge in [0.25, 0.3) is 0 Å². The van der Waals surface area contributed by atoms with E-state index < -0.39 is 0 Å². The maximum Gasteiger partial charge on any atom is 0.0621 e. The largest absolute Gasteiger partial charge is 0.394 e. The molecule has 0 saturated carbocycles. The van der Waals surface area contributed by atoms with Crippen molar-refractivity contribution in [2.45, 2.75) is 38.0 Å². The third-order valence-electron chi connectivity index (χ3n) is 2.51. The summed E-state index contributed by atoms with van der Waals surface area (Å²) in [6, 6.07) is 0. The fourth-order valence-corrected chi connectivity index (χ4v) is 3.03. The van der Waals surface area contributed by atoms with E-state index in [1.165, 1.54) is 0 Å². The van der Waals surface area contributed by atoms with Crippen LogP contribution in [0.15, 0.2) is 0 Å². The van der Waals surface area contributed by atoms with Crippen LogP contribution in [-0.2, 0) is 0 Å². The zero-order chi connectivity index (χ0) is 9.90. The minimum absolute atomic E-state index is 0.00829. The molecule has 0 amide bonds. The smallest absolute Gasteiger partial charge is 0.0621 e. The van der Waals surface area contributed by atoms with Gasteiger partial charge in [0, 0.05) is 11.0 Å². The number of rotatable bonds is 4. The summed E-state index contributed by atoms with van der Waals surface area (Å²) in [5.41, 5.74) is 0.00829. The summed E-state index contributed by atoms with van der Waals surface area (Å²) in [6.45, 7) is 7.91. The van der Waals surface area contributed by atoms with Crippen LogP contribution in [0.5, 0.6) is 0 Å². The lowest BCUT2D eigenvalue weighted by molar-refractivity contribution is 0.172. The Morgan fingerprint density at radius 3 is 2.69 bits per heavy atom. The van der Waals surface area contributed by atoms with Gasteiger partial charge in [-0.3, -0.25) is 0 Å². The third kappa shape index (κ3) is 3.15. The molecule has 0 aromatic rings. The molecule has 78 valence electrons. The number of hydrogen-bond donors (Lipinski definition) is 2. The minimum Gasteiger partial charge on any atom is -0.394 e. The van der Waals surface area contributed by atoms with E-state index >= 15 is 0 Å². The monoisotopic (exact) mass is 203 g/mol. The number of hydrogen-bond acceptors (Lipinski definition) is 3. The van der Waals surface area contributed by atoms with Gasteiger partial charge in [-0.05, 0) is 18.9 Å². The van der Waals surface area contributed by atoms with Crippen LogP contribution in [0.2, 0.25) is 0 Å². The van der Waals surface area contributed by atoms with Crippen molar-refractivity contribution in [1.29, 1.82) is 0 Å². The van der Waals surface area contributed by atoms with Crippen molar-refractivity contribution in [2.75, 3.05) is 18.9 Å². The molecule has 0 aliphatic carbocycles. The summed E-state index contributed by atoms with van der Waals surface area (Å²) in [5.74, 6) is 1.71. The molecule has 1 saturated heterocycles. The van der Waals surface area contributed by atoms with E-state index in [4.69, 9.17) is 0 Å². The molecule has 1 aliphatic rings. The predicted octanol–water partition coefficient (Wildman–Crippen LogP) is 1.49. The molecule has 0 radical (unpaired) electrons. The van der Waals surface area contributed by atoms with Gasteiger partial charge >= 0.3 is 0 Å². The van der Waals surface area contributed by atoms with Gasteiger partial charge in [-0.25, -0.2) is 0 Å². The summed E-state index contributed by atoms with van der Waals surface area (Å²) < 4.78 is 0. The van der Waals surface area contributed by atoms with Gasteiger partial charge in [0.05, 0.1) is 12.1 Å². The SMILES string of the molecule is CC(C)CNC1(CO)CSC(C)C1. The van der Waals surface area contributed by atoms with Crippen molar-refractivity contribution in [2.24, 2.45) is 5.92 Å². The van der Waals surface area contributed by atoms with E-state index in [9.17, 15) is 5.11 Å². The van der Waals surface area contributed by atoms with Crippen LogP contribution in [0, 0.1) is 5.92 Å². The quantitative estimate of drug-likeness (QED) is 0.726. The summed E-state index contributed by atoms with van der Waals surface area (Å²) in [5, 5.41) is 13.6. The Bertz CT molecular complexity index is 163. The van der Waals surface area contributed by atoms with Crippen LogP contribution in [0.4, 0.5) is 0 Å². The molecular weight excluding hydrogens is 182 g/mol. The molecular formula is C10H21NOS. The highest BCUT2D eigenvalue weighted by Crippen LogP contribution is 2.33. The van der Waals surface area contributed by atoms with Crippen LogP contribution in [0.25, 0.3) is 0 Å². The van der Waals surface area contributed by atoms with Gasteiger partial charge in [0.15, 0.2) is 0 Å². The van der Waals surface area contributed by atoms with Crippen LogP contribution in [0.1, 0.15) is 27.2 Å². The van der Waals surface area contributed by atoms with E-state index in [0.29, 0.717) is 11.2 Å². The van der Waals surface area contributed by atoms with Crippen molar-refractivity contribution in [1.82, 2.24) is 5.32 Å². The zero-order valence-corrected chi connectivity index (χ0v) is 9.66. The Balaban J connectivity index is 2.41. The Morgan fingerprint density at radius 2 is 2.31 bits per heavy atom. The molecule has 1 aliphatic heterocycles. The highest BCUT2D eigenvalue weighted by Gasteiger charge is 2.36. The van der Waals surface area contributed by atoms with E-state index in [2.05, 4.69) is 26.1 Å². The average molecular weight is 203 g/mol. The first-order valence-electron chi connectivity index (χ1n) is 5.05. The van der Waals surface area contributed by atoms with Gasteiger partial charge in [-0.15, -0.1) is 0 Å². The first-order valence-corrected chi connectivity index (χ1v) is 6.10. The van der Waals surface area contributed by atoms with Crippen LogP contribution >= 0.6 is 11.8 Å². The van der Waals surface area contributed by atoms with Gasteiger partial charge in [-0.2, -0.15) is 11.8 Å². The molecule has 0 bridgehead atoms. The topological polar surface area (TPSA) is 32.3 Å². The molecule has 1 fully saturated rings. The van der Waals surface area contributed by atoms with Crippen molar-refractivity contribution in [3.05, 3.63) is 0 Å². The van der Waals surface area contributed by atoms with Gasteiger partial charge in [0.2, 0.25) is 0 Å². The Labute approximate surface area is 85.5 Å². The van der Waals surface area contributed by atoms with Crippen LogP contribution < -0.4 is 5.32 Å². The van der Waals surface area contributed by atoms with Crippen molar-refractivity contribution in [3.63, 3.8) is 0 Å². The second-order valence-corrected chi connectivity index (χ2v) is 5.97. The van der Waals surface area contributed by atoms with E-state index in [-0.39, 0.29) is 12.1 Å². The molecule has 13 heavy (non-hydrogen) atoms. The number of aliphatic hydroxyl groups is 1. The van der Waals surface area contributed by atoms with Crippen molar-refractivity contribution in [3.8, 4) is 0 Å². The normalized spacial score (nSPS) is 34.4. The molecule has 2 unspecified atom stereocenters. The van der Waals surface area contributed by atoms with E-state index in [1.807, 2.05) is 11.8 Å². The van der Waals surface area contributed by atoms with Crippen LogP contribution in [-0.4, -0.2) is 34.8 Å². The summed E-state index contributed by atoms with van der Waals surface area (Å²) in [7, 11) is 0. The lowest BCUT2D eigenvalue weighted by atomic mass is 9.96. The molecule has 0 aromatic carbocycles. The lowest BCUT2D eigenvalue weighted by Crippen LogP contribution is -2.50. The second kappa shape index (κ2) is 4.67. The molecule has 2 nitrogen and oxygen atoms in total. The molecule has 2 atom stereocenters. The molecule has 0 aromatic heterocycles. The standard InChI is InChI=1S/C10H21NOS/c1-8(2)5-11-10(6-12)4-9(3)13-7-10/h8-9,11-12H,4-7H2,1-3H3. The minimum atomic E-state index is 0.00829. The molecule has 1 rings (SSSR count). The maximum atomic E-state index is 9.37. The summed E-state index contributed by atoms with van der Waals surface area (Å²) in [6.07, 6.45) is 1.10. The maximum absolute atomic E-state index is 9.37. The molecule has 1 heterocycles. The fraction of sp³-hybridized carbons (Fsp3) is 1.00. The lowest BCUT2D eigenvalue weighted by Gasteiger charge is -2.28. The first-order chi connectivity index (χ1) is 6.08. The van der Waals surface area contributed by atoms with E-state index in [0.717, 1.165) is 18.7 Å². The predicted molar refractivity (Wildman–Crippen MR) is 59.2 cm³/mol. The summed E-state index contributed by atoms with van der Waals surface area (Å²) >= 11 is 1.96.